The van der Waals surface area contributed by atoms with Gasteiger partial charge in [0.15, 0.2) is 5.75 Å². The van der Waals surface area contributed by atoms with Crippen molar-refractivity contribution >= 4 is 0 Å². The molecule has 0 aromatic carbocycles. The van der Waals surface area contributed by atoms with Crippen LogP contribution in [0, 0.1) is 0 Å². The molecule has 1 aromatic heterocycles. The molecule has 1 atom stereocenters. The molecule has 2 N–H and O–H groups in total. The Hall–Kier alpha value is -1.33. The summed E-state index contributed by atoms with van der Waals surface area (Å²) in [7, 11) is 0. The van der Waals surface area contributed by atoms with Crippen LogP contribution in [0.4, 0.5) is 0 Å². The molecule has 1 heterocycles. The van der Waals surface area contributed by atoms with Gasteiger partial charge in [0, 0.05) is 30.9 Å². The number of hydrogen-bond acceptors (Lipinski definition) is 4. The number of nitrogens with zero attached hydrogens (tertiary/aromatic N) is 2. The minimum Gasteiger partial charge on any atom is -0.503 e. The monoisotopic (exact) mass is 324 g/mol. The molecular formula is C18H32N2O3. The Morgan fingerprint density at radius 3 is 2.57 bits per heavy atom. The van der Waals surface area contributed by atoms with E-state index in [1.54, 1.807) is 6.20 Å². The zero-order valence-corrected chi connectivity index (χ0v) is 14.8. The minimum atomic E-state index is -0.334. The summed E-state index contributed by atoms with van der Waals surface area (Å²) in [5.41, 5.74) is 0.575. The molecule has 0 aliphatic rings. The normalized spacial score (nSPS) is 12.7. The summed E-state index contributed by atoms with van der Waals surface area (Å²) in [5.74, 6) is -0.187. The van der Waals surface area contributed by atoms with Gasteiger partial charge in [-0.2, -0.15) is 0 Å². The average Bonchev–Trinajstić information content (AvgIpc) is 2.54. The molecule has 0 saturated heterocycles. The Labute approximate surface area is 139 Å². The Bertz CT molecular complexity index is 513. The third-order valence-corrected chi connectivity index (χ3v) is 4.40. The molecule has 23 heavy (non-hydrogen) atoms. The molecule has 0 spiro atoms. The lowest BCUT2D eigenvalue weighted by atomic mass is 10.0. The number of unbranched alkanes of at least 4 members (excludes halogenated alkanes) is 2. The number of aliphatic hydroxyl groups excluding tert-OH is 1. The molecule has 0 amide bonds. The van der Waals surface area contributed by atoms with E-state index < -0.39 is 0 Å². The highest BCUT2D eigenvalue weighted by Crippen LogP contribution is 2.23. The molecule has 0 aliphatic carbocycles. The standard InChI is InChI=1S/C18H32N2O3/c1-4-7-8-9-15(5-2)20-14-18(23)17(22)12-16(20)13-19(6-3)10-11-21/h12,14-15,21,23H,4-11,13H2,1-3H3. The Kier molecular flexibility index (Phi) is 8.95. The van der Waals surface area contributed by atoms with Crippen LogP contribution in [-0.2, 0) is 6.54 Å². The lowest BCUT2D eigenvalue weighted by Crippen LogP contribution is -2.29. The van der Waals surface area contributed by atoms with Gasteiger partial charge in [0.25, 0.3) is 0 Å². The van der Waals surface area contributed by atoms with Gasteiger partial charge >= 0.3 is 0 Å². The second-order valence-corrected chi connectivity index (χ2v) is 6.07. The topological polar surface area (TPSA) is 65.7 Å². The molecule has 0 aliphatic heterocycles. The summed E-state index contributed by atoms with van der Waals surface area (Å²) in [6, 6.07) is 1.83. The first-order valence-electron chi connectivity index (χ1n) is 8.84. The average molecular weight is 324 g/mol. The van der Waals surface area contributed by atoms with E-state index in [2.05, 4.69) is 23.3 Å². The van der Waals surface area contributed by atoms with Crippen LogP contribution in [0.25, 0.3) is 0 Å². The molecular weight excluding hydrogens is 292 g/mol. The van der Waals surface area contributed by atoms with Crippen molar-refractivity contribution in [1.29, 1.82) is 0 Å². The van der Waals surface area contributed by atoms with Gasteiger partial charge in [-0.15, -0.1) is 0 Å². The highest BCUT2D eigenvalue weighted by Gasteiger charge is 2.15. The second-order valence-electron chi connectivity index (χ2n) is 6.07. The maximum atomic E-state index is 11.9. The fourth-order valence-corrected chi connectivity index (χ4v) is 2.93. The Balaban J connectivity index is 3.06. The number of pyridine rings is 1. The zero-order chi connectivity index (χ0) is 17.2. The summed E-state index contributed by atoms with van der Waals surface area (Å²) in [6.07, 6.45) is 7.12. The van der Waals surface area contributed by atoms with Gasteiger partial charge in [-0.3, -0.25) is 9.69 Å². The minimum absolute atomic E-state index is 0.101. The van der Waals surface area contributed by atoms with Crippen molar-refractivity contribution in [1.82, 2.24) is 9.47 Å². The third-order valence-electron chi connectivity index (χ3n) is 4.40. The SMILES string of the molecule is CCCCCC(CC)n1cc(O)c(=O)cc1CN(CC)CCO. The van der Waals surface area contributed by atoms with Crippen LogP contribution in [0.3, 0.4) is 0 Å². The molecule has 5 nitrogen and oxygen atoms in total. The van der Waals surface area contributed by atoms with Crippen LogP contribution in [0.1, 0.15) is 64.6 Å². The van der Waals surface area contributed by atoms with E-state index in [-0.39, 0.29) is 23.8 Å². The van der Waals surface area contributed by atoms with Crippen molar-refractivity contribution in [3.05, 3.63) is 28.2 Å². The molecule has 1 unspecified atom stereocenters. The number of hydrogen-bond donors (Lipinski definition) is 2. The van der Waals surface area contributed by atoms with Crippen molar-refractivity contribution in [3.63, 3.8) is 0 Å². The van der Waals surface area contributed by atoms with Crippen molar-refractivity contribution in [2.75, 3.05) is 19.7 Å². The van der Waals surface area contributed by atoms with Crippen LogP contribution in [0.5, 0.6) is 5.75 Å². The predicted octanol–water partition coefficient (Wildman–Crippen LogP) is 2.90. The molecule has 132 valence electrons. The van der Waals surface area contributed by atoms with Crippen LogP contribution in [0.15, 0.2) is 17.1 Å². The fraction of sp³-hybridized carbons (Fsp3) is 0.722. The van der Waals surface area contributed by atoms with Gasteiger partial charge in [0.2, 0.25) is 5.43 Å². The van der Waals surface area contributed by atoms with Crippen LogP contribution < -0.4 is 5.43 Å². The highest BCUT2D eigenvalue weighted by molar-refractivity contribution is 5.21. The summed E-state index contributed by atoms with van der Waals surface area (Å²) >= 11 is 0. The number of aromatic nitrogens is 1. The zero-order valence-electron chi connectivity index (χ0n) is 14.8. The van der Waals surface area contributed by atoms with Gasteiger partial charge in [-0.25, -0.2) is 0 Å². The van der Waals surface area contributed by atoms with E-state index >= 15 is 0 Å². The van der Waals surface area contributed by atoms with Crippen LogP contribution in [-0.4, -0.2) is 39.4 Å². The maximum Gasteiger partial charge on any atom is 0.223 e. The van der Waals surface area contributed by atoms with E-state index in [4.69, 9.17) is 5.11 Å². The van der Waals surface area contributed by atoms with Gasteiger partial charge in [0.1, 0.15) is 0 Å². The largest absolute Gasteiger partial charge is 0.503 e. The Morgan fingerprint density at radius 1 is 1.26 bits per heavy atom. The van der Waals surface area contributed by atoms with Crippen LogP contribution >= 0.6 is 0 Å². The summed E-state index contributed by atoms with van der Waals surface area (Å²) in [5, 5.41) is 19.0. The van der Waals surface area contributed by atoms with Gasteiger partial charge < -0.3 is 14.8 Å². The van der Waals surface area contributed by atoms with E-state index in [1.165, 1.54) is 18.9 Å². The van der Waals surface area contributed by atoms with Gasteiger partial charge in [0.05, 0.1) is 12.8 Å². The third kappa shape index (κ3) is 5.99. The van der Waals surface area contributed by atoms with Crippen molar-refractivity contribution < 1.29 is 10.2 Å². The molecule has 1 aromatic rings. The van der Waals surface area contributed by atoms with E-state index in [9.17, 15) is 9.90 Å². The van der Waals surface area contributed by atoms with Crippen molar-refractivity contribution in [2.45, 2.75) is 65.5 Å². The Morgan fingerprint density at radius 2 is 2.00 bits per heavy atom. The second kappa shape index (κ2) is 10.4. The van der Waals surface area contributed by atoms with Crippen molar-refractivity contribution in [3.8, 4) is 5.75 Å². The van der Waals surface area contributed by atoms with Crippen LogP contribution in [0.2, 0.25) is 0 Å². The maximum absolute atomic E-state index is 11.9. The predicted molar refractivity (Wildman–Crippen MR) is 93.9 cm³/mol. The molecule has 5 heteroatoms. The van der Waals surface area contributed by atoms with Gasteiger partial charge in [-0.05, 0) is 19.4 Å². The molecule has 0 radical (unpaired) electrons. The van der Waals surface area contributed by atoms with E-state index in [0.717, 1.165) is 31.5 Å². The number of aromatic hydroxyl groups is 1. The van der Waals surface area contributed by atoms with Crippen molar-refractivity contribution in [2.24, 2.45) is 0 Å². The lowest BCUT2D eigenvalue weighted by molar-refractivity contribution is 0.192. The fourth-order valence-electron chi connectivity index (χ4n) is 2.93. The first kappa shape index (κ1) is 19.7. The quantitative estimate of drug-likeness (QED) is 0.614. The lowest BCUT2D eigenvalue weighted by Gasteiger charge is -2.27. The number of rotatable bonds is 11. The summed E-state index contributed by atoms with van der Waals surface area (Å²) in [4.78, 5) is 14.0. The molecule has 0 bridgehead atoms. The first-order chi connectivity index (χ1) is 11.1. The van der Waals surface area contributed by atoms with E-state index in [1.807, 2.05) is 6.92 Å². The summed E-state index contributed by atoms with van der Waals surface area (Å²) in [6.45, 7) is 8.46. The molecule has 1 rings (SSSR count). The highest BCUT2D eigenvalue weighted by atomic mass is 16.3. The van der Waals surface area contributed by atoms with Gasteiger partial charge in [-0.1, -0.05) is 40.0 Å². The number of likely N-dealkylation sites (N-methyl/N-ethyl adjacent to an activating group) is 1. The summed E-state index contributed by atoms with van der Waals surface area (Å²) < 4.78 is 2.06. The van der Waals surface area contributed by atoms with E-state index in [0.29, 0.717) is 13.1 Å². The first-order valence-corrected chi connectivity index (χ1v) is 8.84. The molecule has 0 saturated carbocycles. The molecule has 0 fully saturated rings. The smallest absolute Gasteiger partial charge is 0.223 e. The number of aliphatic hydroxyl groups is 1.